The maximum absolute atomic E-state index is 12.7. The average Bonchev–Trinajstić information content (AvgIpc) is 2.73. The fourth-order valence-corrected chi connectivity index (χ4v) is 2.73. The molecule has 1 heterocycles. The fraction of sp³-hybridized carbons (Fsp3) is 0.571. The number of carbonyl (C=O) groups excluding carboxylic acids is 1. The van der Waals surface area contributed by atoms with Gasteiger partial charge in [-0.3, -0.25) is 9.78 Å². The van der Waals surface area contributed by atoms with E-state index in [1.165, 1.54) is 0 Å². The summed E-state index contributed by atoms with van der Waals surface area (Å²) in [4.78, 5) is 18.5. The van der Waals surface area contributed by atoms with Crippen LogP contribution in [0.2, 0.25) is 0 Å². The summed E-state index contributed by atoms with van der Waals surface area (Å²) < 4.78 is 0. The first-order chi connectivity index (χ1) is 8.59. The smallest absolute Gasteiger partial charge is 0.234 e. The van der Waals surface area contributed by atoms with Crippen LogP contribution in [0.4, 0.5) is 5.69 Å². The molecule has 1 fully saturated rings. The van der Waals surface area contributed by atoms with Crippen molar-refractivity contribution < 1.29 is 4.79 Å². The number of hydrogen-bond donors (Lipinski definition) is 1. The van der Waals surface area contributed by atoms with Crippen molar-refractivity contribution in [2.24, 2.45) is 11.1 Å². The number of pyridine rings is 1. The molecule has 4 nitrogen and oxygen atoms in total. The number of nitrogens with zero attached hydrogens (tertiary/aromatic N) is 2. The predicted molar refractivity (Wildman–Crippen MR) is 72.2 cm³/mol. The Morgan fingerprint density at radius 1 is 1.56 bits per heavy atom. The Bertz CT molecular complexity index is 420. The first-order valence-electron chi connectivity index (χ1n) is 6.57. The largest absolute Gasteiger partial charge is 0.327 e. The van der Waals surface area contributed by atoms with Gasteiger partial charge in [-0.05, 0) is 38.8 Å². The highest BCUT2D eigenvalue weighted by Gasteiger charge is 2.45. The van der Waals surface area contributed by atoms with Gasteiger partial charge in [0.2, 0.25) is 5.91 Å². The maximum Gasteiger partial charge on any atom is 0.234 e. The summed E-state index contributed by atoms with van der Waals surface area (Å²) in [5, 5.41) is 0. The number of nitrogens with two attached hydrogens (primary N) is 1. The SMILES string of the molecule is CCN(C(=O)C1(C)CCCC1N)c1ccncc1. The quantitative estimate of drug-likeness (QED) is 0.888. The number of hydrogen-bond acceptors (Lipinski definition) is 3. The van der Waals surface area contributed by atoms with Crippen molar-refractivity contribution in [2.45, 2.75) is 39.2 Å². The molecule has 2 atom stereocenters. The van der Waals surface area contributed by atoms with Gasteiger partial charge >= 0.3 is 0 Å². The molecule has 2 unspecified atom stereocenters. The van der Waals surface area contributed by atoms with Gasteiger partial charge in [0.15, 0.2) is 0 Å². The van der Waals surface area contributed by atoms with Crippen LogP contribution in [-0.2, 0) is 4.79 Å². The molecule has 4 heteroatoms. The molecule has 1 aliphatic rings. The van der Waals surface area contributed by atoms with E-state index in [9.17, 15) is 4.79 Å². The minimum Gasteiger partial charge on any atom is -0.327 e. The molecule has 0 bridgehead atoms. The normalized spacial score (nSPS) is 27.2. The third kappa shape index (κ3) is 2.12. The standard InChI is InChI=1S/C14H21N3O/c1-3-17(11-6-9-16-10-7-11)13(18)14(2)8-4-5-12(14)15/h6-7,9-10,12H,3-5,8,15H2,1-2H3. The molecule has 18 heavy (non-hydrogen) atoms. The molecule has 2 rings (SSSR count). The third-order valence-corrected chi connectivity index (χ3v) is 4.05. The van der Waals surface area contributed by atoms with E-state index in [2.05, 4.69) is 4.98 Å². The number of amides is 1. The van der Waals surface area contributed by atoms with E-state index in [1.54, 1.807) is 12.4 Å². The van der Waals surface area contributed by atoms with Gasteiger partial charge in [-0.15, -0.1) is 0 Å². The number of anilines is 1. The van der Waals surface area contributed by atoms with Crippen molar-refractivity contribution in [1.82, 2.24) is 4.98 Å². The molecule has 1 amide bonds. The Labute approximate surface area is 108 Å². The van der Waals surface area contributed by atoms with E-state index < -0.39 is 5.41 Å². The van der Waals surface area contributed by atoms with Gasteiger partial charge in [0.1, 0.15) is 0 Å². The van der Waals surface area contributed by atoms with Gasteiger partial charge in [-0.25, -0.2) is 0 Å². The summed E-state index contributed by atoms with van der Waals surface area (Å²) in [5.74, 6) is 0.140. The molecule has 98 valence electrons. The zero-order valence-electron chi connectivity index (χ0n) is 11.1. The average molecular weight is 247 g/mol. The van der Waals surface area contributed by atoms with Crippen molar-refractivity contribution in [3.63, 3.8) is 0 Å². The molecule has 1 aromatic rings. The monoisotopic (exact) mass is 247 g/mol. The van der Waals surface area contributed by atoms with Crippen LogP contribution in [0.25, 0.3) is 0 Å². The first kappa shape index (κ1) is 13.0. The topological polar surface area (TPSA) is 59.2 Å². The van der Waals surface area contributed by atoms with Crippen LogP contribution in [0.3, 0.4) is 0 Å². The first-order valence-corrected chi connectivity index (χ1v) is 6.57. The summed E-state index contributed by atoms with van der Waals surface area (Å²) in [6.45, 7) is 4.64. The zero-order valence-corrected chi connectivity index (χ0v) is 11.1. The highest BCUT2D eigenvalue weighted by molar-refractivity contribution is 5.98. The lowest BCUT2D eigenvalue weighted by Gasteiger charge is -2.34. The van der Waals surface area contributed by atoms with Crippen LogP contribution in [0, 0.1) is 5.41 Å². The molecule has 1 aromatic heterocycles. The van der Waals surface area contributed by atoms with Crippen molar-refractivity contribution in [3.8, 4) is 0 Å². The molecule has 0 aromatic carbocycles. The van der Waals surface area contributed by atoms with Crippen molar-refractivity contribution in [3.05, 3.63) is 24.5 Å². The van der Waals surface area contributed by atoms with Crippen LogP contribution < -0.4 is 10.6 Å². The van der Waals surface area contributed by atoms with Crippen LogP contribution in [0.1, 0.15) is 33.1 Å². The van der Waals surface area contributed by atoms with Gasteiger partial charge in [-0.2, -0.15) is 0 Å². The summed E-state index contributed by atoms with van der Waals surface area (Å²) >= 11 is 0. The Balaban J connectivity index is 2.26. The van der Waals surface area contributed by atoms with Crippen LogP contribution in [-0.4, -0.2) is 23.5 Å². The van der Waals surface area contributed by atoms with Gasteiger partial charge in [-0.1, -0.05) is 6.42 Å². The molecular formula is C14H21N3O. The zero-order chi connectivity index (χ0) is 13.2. The molecule has 2 N–H and O–H groups in total. The lowest BCUT2D eigenvalue weighted by molar-refractivity contribution is -0.127. The minimum absolute atomic E-state index is 0.0270. The van der Waals surface area contributed by atoms with Gasteiger partial charge in [0, 0.05) is 30.7 Å². The second-order valence-electron chi connectivity index (χ2n) is 5.17. The van der Waals surface area contributed by atoms with E-state index in [1.807, 2.05) is 30.9 Å². The lowest BCUT2D eigenvalue weighted by Crippen LogP contribution is -2.49. The predicted octanol–water partition coefficient (Wildman–Crippen LogP) is 1.95. The Kier molecular flexibility index (Phi) is 3.66. The molecule has 0 spiro atoms. The minimum atomic E-state index is -0.417. The summed E-state index contributed by atoms with van der Waals surface area (Å²) in [7, 11) is 0. The van der Waals surface area contributed by atoms with Crippen molar-refractivity contribution in [1.29, 1.82) is 0 Å². The molecule has 0 radical (unpaired) electrons. The van der Waals surface area contributed by atoms with E-state index >= 15 is 0 Å². The number of aromatic nitrogens is 1. The van der Waals surface area contributed by atoms with E-state index in [-0.39, 0.29) is 11.9 Å². The van der Waals surface area contributed by atoms with E-state index in [0.29, 0.717) is 6.54 Å². The Morgan fingerprint density at radius 3 is 2.72 bits per heavy atom. The second-order valence-corrected chi connectivity index (χ2v) is 5.17. The van der Waals surface area contributed by atoms with Crippen molar-refractivity contribution in [2.75, 3.05) is 11.4 Å². The third-order valence-electron chi connectivity index (χ3n) is 4.05. The fourth-order valence-electron chi connectivity index (χ4n) is 2.73. The highest BCUT2D eigenvalue weighted by Crippen LogP contribution is 2.39. The van der Waals surface area contributed by atoms with E-state index in [4.69, 9.17) is 5.73 Å². The molecule has 0 aliphatic heterocycles. The molecule has 1 saturated carbocycles. The highest BCUT2D eigenvalue weighted by atomic mass is 16.2. The van der Waals surface area contributed by atoms with Crippen LogP contribution in [0.5, 0.6) is 0 Å². The second kappa shape index (κ2) is 5.06. The number of rotatable bonds is 3. The summed E-state index contributed by atoms with van der Waals surface area (Å²) in [6.07, 6.45) is 6.28. The number of carbonyl (C=O) groups is 1. The van der Waals surface area contributed by atoms with Crippen LogP contribution in [0.15, 0.2) is 24.5 Å². The van der Waals surface area contributed by atoms with Gasteiger partial charge in [0.05, 0.1) is 5.41 Å². The summed E-state index contributed by atoms with van der Waals surface area (Å²) in [5.41, 5.74) is 6.61. The lowest BCUT2D eigenvalue weighted by atomic mass is 9.83. The molecule has 0 saturated heterocycles. The summed E-state index contributed by atoms with van der Waals surface area (Å²) in [6, 6.07) is 3.71. The van der Waals surface area contributed by atoms with Crippen LogP contribution >= 0.6 is 0 Å². The molecule has 1 aliphatic carbocycles. The van der Waals surface area contributed by atoms with Gasteiger partial charge < -0.3 is 10.6 Å². The Morgan fingerprint density at radius 2 is 2.22 bits per heavy atom. The van der Waals surface area contributed by atoms with Crippen molar-refractivity contribution >= 4 is 11.6 Å². The molecular weight excluding hydrogens is 226 g/mol. The van der Waals surface area contributed by atoms with E-state index in [0.717, 1.165) is 24.9 Å². The maximum atomic E-state index is 12.7. The Hall–Kier alpha value is -1.42. The van der Waals surface area contributed by atoms with Gasteiger partial charge in [0.25, 0.3) is 0 Å².